The first-order chi connectivity index (χ1) is 6.47. The predicted molar refractivity (Wildman–Crippen MR) is 69.7 cm³/mol. The van der Waals surface area contributed by atoms with E-state index >= 15 is 0 Å². The molecular formula is C13H22S. The molecule has 0 aromatic heterocycles. The van der Waals surface area contributed by atoms with Crippen molar-refractivity contribution in [3.8, 4) is 0 Å². The minimum Gasteiger partial charge on any atom is -0.131 e. The van der Waals surface area contributed by atoms with Crippen LogP contribution < -0.4 is 0 Å². The Hall–Kier alpha value is -0.430. The Kier molecular flexibility index (Phi) is 6.73. The van der Waals surface area contributed by atoms with Crippen molar-refractivity contribution >= 4 is 11.8 Å². The van der Waals surface area contributed by atoms with Crippen LogP contribution in [-0.4, -0.2) is 5.75 Å². The molecule has 0 radical (unpaired) electrons. The molecule has 0 aromatic rings. The van der Waals surface area contributed by atoms with Gasteiger partial charge in [-0.25, -0.2) is 0 Å². The maximum Gasteiger partial charge on any atom is 0.00278 e. The molecule has 0 saturated heterocycles. The van der Waals surface area contributed by atoms with Crippen molar-refractivity contribution in [3.05, 3.63) is 34.3 Å². The molecule has 0 aliphatic carbocycles. The summed E-state index contributed by atoms with van der Waals surface area (Å²) in [5.74, 6) is 1.11. The molecule has 0 aromatic carbocycles. The van der Waals surface area contributed by atoms with Crippen molar-refractivity contribution in [3.63, 3.8) is 0 Å². The Morgan fingerprint density at radius 3 is 2.14 bits per heavy atom. The maximum atomic E-state index is 4.07. The summed E-state index contributed by atoms with van der Waals surface area (Å²) in [6.07, 6.45) is 3.27. The van der Waals surface area contributed by atoms with Crippen LogP contribution in [0.5, 0.6) is 0 Å². The van der Waals surface area contributed by atoms with E-state index < -0.39 is 0 Å². The molecule has 0 rings (SSSR count). The topological polar surface area (TPSA) is 0 Å². The lowest BCUT2D eigenvalue weighted by atomic mass is 10.0. The van der Waals surface area contributed by atoms with Gasteiger partial charge in [0, 0.05) is 6.42 Å². The van der Waals surface area contributed by atoms with Gasteiger partial charge >= 0.3 is 0 Å². The lowest BCUT2D eigenvalue weighted by molar-refractivity contribution is 1.16. The summed E-state index contributed by atoms with van der Waals surface area (Å²) in [4.78, 5) is 1.27. The minimum atomic E-state index is 1.01. The highest BCUT2D eigenvalue weighted by molar-refractivity contribution is 8.03. The Morgan fingerprint density at radius 2 is 1.79 bits per heavy atom. The lowest BCUT2D eigenvalue weighted by Gasteiger charge is -2.08. The third kappa shape index (κ3) is 6.09. The zero-order chi connectivity index (χ0) is 11.1. The number of allylic oxidation sites excluding steroid dienone is 5. The van der Waals surface area contributed by atoms with E-state index in [9.17, 15) is 0 Å². The summed E-state index contributed by atoms with van der Waals surface area (Å²) in [5, 5.41) is 0. The van der Waals surface area contributed by atoms with Gasteiger partial charge < -0.3 is 0 Å². The number of hydrogen-bond donors (Lipinski definition) is 0. The third-order valence-corrected chi connectivity index (χ3v) is 2.68. The van der Waals surface area contributed by atoms with Crippen molar-refractivity contribution in [1.29, 1.82) is 0 Å². The second-order valence-electron chi connectivity index (χ2n) is 3.90. The molecular weight excluding hydrogens is 188 g/mol. The van der Waals surface area contributed by atoms with Gasteiger partial charge in [-0.1, -0.05) is 30.7 Å². The highest BCUT2D eigenvalue weighted by atomic mass is 32.2. The van der Waals surface area contributed by atoms with E-state index in [2.05, 4.69) is 47.3 Å². The quantitative estimate of drug-likeness (QED) is 0.579. The van der Waals surface area contributed by atoms with Gasteiger partial charge in [-0.05, 0) is 43.9 Å². The van der Waals surface area contributed by atoms with Gasteiger partial charge in [0.05, 0.1) is 0 Å². The van der Waals surface area contributed by atoms with Crippen molar-refractivity contribution in [2.24, 2.45) is 0 Å². The number of thioether (sulfide) groups is 1. The Bertz CT molecular complexity index is 248. The zero-order valence-corrected chi connectivity index (χ0v) is 10.9. The first-order valence-electron chi connectivity index (χ1n) is 5.09. The molecule has 80 valence electrons. The molecule has 0 heterocycles. The Balaban J connectivity index is 4.50. The summed E-state index contributed by atoms with van der Waals surface area (Å²) in [5.41, 5.74) is 4.16. The Morgan fingerprint density at radius 1 is 1.21 bits per heavy atom. The van der Waals surface area contributed by atoms with E-state index in [1.165, 1.54) is 21.6 Å². The first kappa shape index (κ1) is 13.6. The van der Waals surface area contributed by atoms with E-state index in [-0.39, 0.29) is 0 Å². The highest BCUT2D eigenvalue weighted by Gasteiger charge is 2.00. The van der Waals surface area contributed by atoms with Crippen LogP contribution in [0.25, 0.3) is 0 Å². The average Bonchev–Trinajstić information content (AvgIpc) is 2.02. The second-order valence-corrected chi connectivity index (χ2v) is 5.34. The van der Waals surface area contributed by atoms with E-state index in [0.29, 0.717) is 0 Å². The van der Waals surface area contributed by atoms with Crippen LogP contribution in [0.1, 0.15) is 41.0 Å². The van der Waals surface area contributed by atoms with Crippen molar-refractivity contribution in [1.82, 2.24) is 0 Å². The molecule has 0 N–H and O–H groups in total. The molecule has 0 saturated carbocycles. The summed E-state index contributed by atoms with van der Waals surface area (Å²) in [7, 11) is 0. The van der Waals surface area contributed by atoms with Gasteiger partial charge in [-0.15, -0.1) is 11.8 Å². The molecule has 0 atom stereocenters. The normalized spacial score (nSPS) is 9.50. The van der Waals surface area contributed by atoms with E-state index in [4.69, 9.17) is 0 Å². The van der Waals surface area contributed by atoms with Gasteiger partial charge in [0.15, 0.2) is 0 Å². The van der Waals surface area contributed by atoms with Crippen molar-refractivity contribution < 1.29 is 0 Å². The van der Waals surface area contributed by atoms with Crippen LogP contribution in [-0.2, 0) is 0 Å². The van der Waals surface area contributed by atoms with Crippen LogP contribution in [0.4, 0.5) is 0 Å². The maximum absolute atomic E-state index is 4.07. The molecule has 0 spiro atoms. The fraction of sp³-hybridized carbons (Fsp3) is 0.538. The van der Waals surface area contributed by atoms with Crippen LogP contribution in [0, 0.1) is 0 Å². The van der Waals surface area contributed by atoms with Crippen LogP contribution in [0.2, 0.25) is 0 Å². The molecule has 0 unspecified atom stereocenters. The van der Waals surface area contributed by atoms with Gasteiger partial charge in [-0.3, -0.25) is 0 Å². The monoisotopic (exact) mass is 210 g/mol. The number of hydrogen-bond acceptors (Lipinski definition) is 1. The van der Waals surface area contributed by atoms with Gasteiger partial charge in [0.2, 0.25) is 0 Å². The van der Waals surface area contributed by atoms with Crippen molar-refractivity contribution in [2.75, 3.05) is 5.75 Å². The molecule has 0 fully saturated rings. The summed E-state index contributed by atoms with van der Waals surface area (Å²) < 4.78 is 0. The van der Waals surface area contributed by atoms with E-state index in [1.54, 1.807) is 0 Å². The van der Waals surface area contributed by atoms with Crippen molar-refractivity contribution in [2.45, 2.75) is 41.0 Å². The average molecular weight is 210 g/mol. The second kappa shape index (κ2) is 6.94. The molecule has 0 aliphatic heterocycles. The summed E-state index contributed by atoms with van der Waals surface area (Å²) in [6, 6.07) is 0. The van der Waals surface area contributed by atoms with Crippen LogP contribution in [0.15, 0.2) is 34.3 Å². The summed E-state index contributed by atoms with van der Waals surface area (Å²) in [6.45, 7) is 14.8. The molecule has 1 heteroatoms. The SMILES string of the molecule is C=C(CC(C=C(C)C)=C(C)C)SCC. The van der Waals surface area contributed by atoms with E-state index in [1.807, 2.05) is 11.8 Å². The number of rotatable bonds is 5. The fourth-order valence-electron chi connectivity index (χ4n) is 1.19. The van der Waals surface area contributed by atoms with Gasteiger partial charge in [0.25, 0.3) is 0 Å². The third-order valence-electron chi connectivity index (χ3n) is 1.84. The molecule has 0 aliphatic rings. The first-order valence-corrected chi connectivity index (χ1v) is 6.07. The predicted octanol–water partition coefficient (Wildman–Crippen LogP) is 4.95. The van der Waals surface area contributed by atoms with Crippen LogP contribution in [0.3, 0.4) is 0 Å². The minimum absolute atomic E-state index is 1.01. The summed E-state index contributed by atoms with van der Waals surface area (Å²) >= 11 is 1.85. The fourth-order valence-corrected chi connectivity index (χ4v) is 1.85. The van der Waals surface area contributed by atoms with Crippen LogP contribution >= 0.6 is 11.8 Å². The lowest BCUT2D eigenvalue weighted by Crippen LogP contribution is -1.86. The smallest absolute Gasteiger partial charge is 0.00278 e. The Labute approximate surface area is 93.2 Å². The van der Waals surface area contributed by atoms with Gasteiger partial charge in [0.1, 0.15) is 0 Å². The largest absolute Gasteiger partial charge is 0.131 e. The van der Waals surface area contributed by atoms with E-state index in [0.717, 1.165) is 12.2 Å². The highest BCUT2D eigenvalue weighted by Crippen LogP contribution is 2.24. The van der Waals surface area contributed by atoms with Gasteiger partial charge in [-0.2, -0.15) is 0 Å². The standard InChI is InChI=1S/C13H22S/c1-7-14-12(6)9-13(11(4)5)8-10(2)3/h8H,6-7,9H2,1-5H3. The molecule has 0 nitrogen and oxygen atoms in total. The molecule has 14 heavy (non-hydrogen) atoms. The molecule has 0 amide bonds. The molecule has 0 bridgehead atoms. The zero-order valence-electron chi connectivity index (χ0n) is 10.1.